The molecule has 2 N–H and O–H groups in total. The van der Waals surface area contributed by atoms with Crippen LogP contribution in [0.3, 0.4) is 0 Å². The summed E-state index contributed by atoms with van der Waals surface area (Å²) in [6.07, 6.45) is 0. The lowest BCUT2D eigenvalue weighted by Gasteiger charge is -2.06. The van der Waals surface area contributed by atoms with Crippen LogP contribution in [-0.4, -0.2) is 15.4 Å². The lowest BCUT2D eigenvalue weighted by molar-refractivity contribution is 0.0693. The normalized spacial score (nSPS) is 10.2. The number of hydrogen-bond acceptors (Lipinski definition) is 4. The van der Waals surface area contributed by atoms with Crippen LogP contribution < -0.4 is 5.32 Å². The second-order valence-electron chi connectivity index (χ2n) is 3.40. The van der Waals surface area contributed by atoms with Crippen LogP contribution >= 0.6 is 27.5 Å². The highest BCUT2D eigenvalue weighted by Gasteiger charge is 2.16. The van der Waals surface area contributed by atoms with Gasteiger partial charge in [-0.25, -0.2) is 4.79 Å². The van der Waals surface area contributed by atoms with Crippen LogP contribution in [-0.2, 0) is 0 Å². The first-order valence-electron chi connectivity index (χ1n) is 4.80. The second-order valence-corrected chi connectivity index (χ2v) is 5.30. The van der Waals surface area contributed by atoms with Gasteiger partial charge < -0.3 is 10.4 Å². The number of carbonyl (C=O) groups is 1. The maximum absolute atomic E-state index is 11.0. The van der Waals surface area contributed by atoms with Crippen LogP contribution in [0, 0.1) is 6.92 Å². The Hall–Kier alpha value is -1.40. The third-order valence-electron chi connectivity index (χ3n) is 2.16. The van der Waals surface area contributed by atoms with Crippen LogP contribution in [0.25, 0.3) is 0 Å². The van der Waals surface area contributed by atoms with Crippen molar-refractivity contribution in [3.8, 4) is 0 Å². The third-order valence-corrected chi connectivity index (χ3v) is 3.40. The molecule has 2 rings (SSSR count). The molecule has 0 fully saturated rings. The monoisotopic (exact) mass is 312 g/mol. The van der Waals surface area contributed by atoms with Crippen LogP contribution in [0.15, 0.2) is 28.7 Å². The maximum Gasteiger partial charge on any atom is 0.357 e. The molecule has 88 valence electrons. The van der Waals surface area contributed by atoms with E-state index in [0.717, 1.165) is 15.0 Å². The number of halogens is 1. The van der Waals surface area contributed by atoms with Crippen LogP contribution in [0.2, 0.25) is 0 Å². The van der Waals surface area contributed by atoms with Crippen molar-refractivity contribution in [2.75, 3.05) is 5.32 Å². The van der Waals surface area contributed by atoms with Crippen molar-refractivity contribution in [1.29, 1.82) is 0 Å². The quantitative estimate of drug-likeness (QED) is 0.908. The third kappa shape index (κ3) is 2.65. The largest absolute Gasteiger partial charge is 0.476 e. The zero-order valence-electron chi connectivity index (χ0n) is 8.90. The minimum atomic E-state index is -1.02. The standard InChI is InChI=1S/C11H9BrN2O2S/c1-6-9(10(11(15)16)14-17-6)13-8-4-2-3-7(12)5-8/h2-5,13H,1H3,(H,15,16). The Morgan fingerprint density at radius 2 is 2.29 bits per heavy atom. The van der Waals surface area contributed by atoms with E-state index in [1.807, 2.05) is 31.2 Å². The van der Waals surface area contributed by atoms with Gasteiger partial charge in [0.25, 0.3) is 0 Å². The topological polar surface area (TPSA) is 62.2 Å². The van der Waals surface area contributed by atoms with Gasteiger partial charge in [0.2, 0.25) is 0 Å². The Morgan fingerprint density at radius 1 is 1.53 bits per heavy atom. The van der Waals surface area contributed by atoms with Gasteiger partial charge in [0.15, 0.2) is 5.69 Å². The first kappa shape index (κ1) is 12.1. The summed E-state index contributed by atoms with van der Waals surface area (Å²) in [4.78, 5) is 11.8. The number of hydrogen-bond donors (Lipinski definition) is 2. The van der Waals surface area contributed by atoms with E-state index in [4.69, 9.17) is 5.11 Å². The highest BCUT2D eigenvalue weighted by molar-refractivity contribution is 9.10. The van der Waals surface area contributed by atoms with Gasteiger partial charge in [-0.1, -0.05) is 22.0 Å². The number of aromatic carboxylic acids is 1. The number of nitrogens with one attached hydrogen (secondary N) is 1. The second kappa shape index (κ2) is 4.85. The van der Waals surface area contributed by atoms with E-state index in [-0.39, 0.29) is 5.69 Å². The van der Waals surface area contributed by atoms with Crippen molar-refractivity contribution in [1.82, 2.24) is 4.37 Å². The zero-order chi connectivity index (χ0) is 12.4. The van der Waals surface area contributed by atoms with Gasteiger partial charge in [-0.3, -0.25) is 0 Å². The van der Waals surface area contributed by atoms with Crippen LogP contribution in [0.1, 0.15) is 15.4 Å². The summed E-state index contributed by atoms with van der Waals surface area (Å²) in [5.74, 6) is -1.02. The molecular weight excluding hydrogens is 304 g/mol. The Labute approximate surface area is 111 Å². The summed E-state index contributed by atoms with van der Waals surface area (Å²) in [5.41, 5.74) is 1.44. The number of nitrogens with zero attached hydrogens (tertiary/aromatic N) is 1. The molecular formula is C11H9BrN2O2S. The highest BCUT2D eigenvalue weighted by atomic mass is 79.9. The molecule has 0 spiro atoms. The van der Waals surface area contributed by atoms with E-state index < -0.39 is 5.97 Å². The minimum absolute atomic E-state index is 0.0625. The van der Waals surface area contributed by atoms with E-state index in [0.29, 0.717) is 5.69 Å². The smallest absolute Gasteiger partial charge is 0.357 e. The molecule has 0 saturated carbocycles. The molecule has 1 aromatic carbocycles. The molecule has 2 aromatic rings. The van der Waals surface area contributed by atoms with E-state index in [2.05, 4.69) is 25.6 Å². The minimum Gasteiger partial charge on any atom is -0.476 e. The number of carboxylic acids is 1. The van der Waals surface area contributed by atoms with Gasteiger partial charge in [0.05, 0.1) is 5.69 Å². The van der Waals surface area contributed by atoms with Gasteiger partial charge in [-0.2, -0.15) is 4.37 Å². The summed E-state index contributed by atoms with van der Waals surface area (Å²) in [7, 11) is 0. The molecule has 0 radical (unpaired) electrons. The number of aromatic nitrogens is 1. The van der Waals surface area contributed by atoms with Crippen molar-refractivity contribution >= 4 is 44.8 Å². The molecule has 0 bridgehead atoms. The van der Waals surface area contributed by atoms with Crippen LogP contribution in [0.5, 0.6) is 0 Å². The molecule has 0 unspecified atom stereocenters. The van der Waals surface area contributed by atoms with Gasteiger partial charge in [-0.15, -0.1) is 0 Å². The predicted octanol–water partition coefficient (Wildman–Crippen LogP) is 3.66. The summed E-state index contributed by atoms with van der Waals surface area (Å²) in [6, 6.07) is 7.53. The van der Waals surface area contributed by atoms with E-state index in [1.165, 1.54) is 11.5 Å². The van der Waals surface area contributed by atoms with Crippen molar-refractivity contribution in [2.45, 2.75) is 6.92 Å². The van der Waals surface area contributed by atoms with Gasteiger partial charge in [0, 0.05) is 15.0 Å². The molecule has 0 aliphatic carbocycles. The Morgan fingerprint density at radius 3 is 2.94 bits per heavy atom. The molecule has 17 heavy (non-hydrogen) atoms. The summed E-state index contributed by atoms with van der Waals surface area (Å²) in [6.45, 7) is 1.84. The SMILES string of the molecule is Cc1snc(C(=O)O)c1Nc1cccc(Br)c1. The van der Waals surface area contributed by atoms with Crippen molar-refractivity contribution < 1.29 is 9.90 Å². The first-order chi connectivity index (χ1) is 8.08. The molecule has 1 heterocycles. The fourth-order valence-corrected chi connectivity index (χ4v) is 2.41. The number of benzene rings is 1. The number of rotatable bonds is 3. The summed E-state index contributed by atoms with van der Waals surface area (Å²) >= 11 is 4.54. The Kier molecular flexibility index (Phi) is 3.44. The van der Waals surface area contributed by atoms with E-state index in [9.17, 15) is 4.79 Å². The maximum atomic E-state index is 11.0. The first-order valence-corrected chi connectivity index (χ1v) is 6.36. The van der Waals surface area contributed by atoms with Gasteiger partial charge in [-0.05, 0) is 36.7 Å². The zero-order valence-corrected chi connectivity index (χ0v) is 11.3. The predicted molar refractivity (Wildman–Crippen MR) is 71.2 cm³/mol. The average Bonchev–Trinajstić information content (AvgIpc) is 2.61. The van der Waals surface area contributed by atoms with E-state index in [1.54, 1.807) is 0 Å². The van der Waals surface area contributed by atoms with Gasteiger partial charge in [0.1, 0.15) is 0 Å². The van der Waals surface area contributed by atoms with Gasteiger partial charge >= 0.3 is 5.97 Å². The van der Waals surface area contributed by atoms with E-state index >= 15 is 0 Å². The summed E-state index contributed by atoms with van der Waals surface area (Å²) in [5, 5.41) is 12.1. The van der Waals surface area contributed by atoms with Crippen molar-refractivity contribution in [2.24, 2.45) is 0 Å². The number of carboxylic acid groups (broad SMARTS) is 1. The average molecular weight is 313 g/mol. The highest BCUT2D eigenvalue weighted by Crippen LogP contribution is 2.28. The molecule has 1 aromatic heterocycles. The molecule has 6 heteroatoms. The van der Waals surface area contributed by atoms with Crippen LogP contribution in [0.4, 0.5) is 11.4 Å². The molecule has 0 aliphatic rings. The number of aryl methyl sites for hydroxylation is 1. The fraction of sp³-hybridized carbons (Fsp3) is 0.0909. The Balaban J connectivity index is 2.36. The Bertz CT molecular complexity index is 568. The molecule has 0 amide bonds. The molecule has 4 nitrogen and oxygen atoms in total. The lowest BCUT2D eigenvalue weighted by atomic mass is 10.2. The fourth-order valence-electron chi connectivity index (χ4n) is 1.38. The summed E-state index contributed by atoms with van der Waals surface area (Å²) < 4.78 is 4.83. The van der Waals surface area contributed by atoms with Crippen molar-refractivity contribution in [3.05, 3.63) is 39.3 Å². The molecule has 0 aliphatic heterocycles. The lowest BCUT2D eigenvalue weighted by Crippen LogP contribution is -2.02. The van der Waals surface area contributed by atoms with Crippen molar-refractivity contribution in [3.63, 3.8) is 0 Å². The number of anilines is 2. The molecule has 0 atom stereocenters. The molecule has 0 saturated heterocycles.